The van der Waals surface area contributed by atoms with Crippen molar-refractivity contribution in [1.82, 2.24) is 5.32 Å². The molecule has 3 nitrogen and oxygen atoms in total. The SMILES string of the molecule is COc1ccccc1CCNC(=O)c1ccc(C2SCCCS2)cc1. The molecule has 0 spiro atoms. The van der Waals surface area contributed by atoms with Crippen molar-refractivity contribution < 1.29 is 9.53 Å². The zero-order chi connectivity index (χ0) is 17.5. The lowest BCUT2D eigenvalue weighted by Crippen LogP contribution is -2.25. The zero-order valence-corrected chi connectivity index (χ0v) is 16.0. The van der Waals surface area contributed by atoms with Crippen LogP contribution in [0.4, 0.5) is 0 Å². The minimum Gasteiger partial charge on any atom is -0.496 e. The summed E-state index contributed by atoms with van der Waals surface area (Å²) in [5.74, 6) is 3.29. The van der Waals surface area contributed by atoms with E-state index in [1.165, 1.54) is 23.5 Å². The van der Waals surface area contributed by atoms with Gasteiger partial charge in [-0.2, -0.15) is 0 Å². The minimum atomic E-state index is -0.0228. The third kappa shape index (κ3) is 4.95. The Hall–Kier alpha value is -1.59. The van der Waals surface area contributed by atoms with Gasteiger partial charge in [0.15, 0.2) is 0 Å². The van der Waals surface area contributed by atoms with Crippen LogP contribution >= 0.6 is 23.5 Å². The van der Waals surface area contributed by atoms with Crippen LogP contribution in [0.5, 0.6) is 5.75 Å². The molecule has 0 bridgehead atoms. The standard InChI is InChI=1S/C20H23NO2S2/c1-23-18-6-3-2-5-15(18)11-12-21-19(22)16-7-9-17(10-8-16)20-24-13-4-14-25-20/h2-3,5-10,20H,4,11-14H2,1H3,(H,21,22). The molecule has 0 radical (unpaired) electrons. The maximum absolute atomic E-state index is 12.3. The average molecular weight is 374 g/mol. The summed E-state index contributed by atoms with van der Waals surface area (Å²) in [6.07, 6.45) is 2.04. The number of benzene rings is 2. The Morgan fingerprint density at radius 2 is 1.84 bits per heavy atom. The van der Waals surface area contributed by atoms with E-state index in [2.05, 4.69) is 17.4 Å². The maximum Gasteiger partial charge on any atom is 0.251 e. The number of hydrogen-bond donors (Lipinski definition) is 1. The van der Waals surface area contributed by atoms with Crippen molar-refractivity contribution in [3.05, 3.63) is 65.2 Å². The van der Waals surface area contributed by atoms with Gasteiger partial charge < -0.3 is 10.1 Å². The average Bonchev–Trinajstić information content (AvgIpc) is 2.69. The topological polar surface area (TPSA) is 38.3 Å². The van der Waals surface area contributed by atoms with Crippen LogP contribution in [0.2, 0.25) is 0 Å². The molecule has 0 aromatic heterocycles. The van der Waals surface area contributed by atoms with Gasteiger partial charge in [0.1, 0.15) is 5.75 Å². The van der Waals surface area contributed by atoms with Gasteiger partial charge in [-0.1, -0.05) is 30.3 Å². The summed E-state index contributed by atoms with van der Waals surface area (Å²) >= 11 is 3.99. The lowest BCUT2D eigenvalue weighted by molar-refractivity contribution is 0.0954. The van der Waals surface area contributed by atoms with Gasteiger partial charge in [-0.05, 0) is 53.7 Å². The predicted molar refractivity (Wildman–Crippen MR) is 108 cm³/mol. The van der Waals surface area contributed by atoms with Gasteiger partial charge in [-0.3, -0.25) is 4.79 Å². The smallest absolute Gasteiger partial charge is 0.251 e. The second-order valence-electron chi connectivity index (χ2n) is 5.87. The van der Waals surface area contributed by atoms with Crippen LogP contribution in [0.3, 0.4) is 0 Å². The fraction of sp³-hybridized carbons (Fsp3) is 0.350. The third-order valence-electron chi connectivity index (χ3n) is 4.14. The zero-order valence-electron chi connectivity index (χ0n) is 14.4. The fourth-order valence-corrected chi connectivity index (χ4v) is 5.69. The van der Waals surface area contributed by atoms with Crippen LogP contribution in [-0.4, -0.2) is 31.1 Å². The van der Waals surface area contributed by atoms with Gasteiger partial charge in [-0.25, -0.2) is 0 Å². The maximum atomic E-state index is 12.3. The summed E-state index contributed by atoms with van der Waals surface area (Å²) in [6.45, 7) is 0.593. The molecule has 5 heteroatoms. The van der Waals surface area contributed by atoms with Gasteiger partial charge >= 0.3 is 0 Å². The van der Waals surface area contributed by atoms with Crippen molar-refractivity contribution in [2.24, 2.45) is 0 Å². The van der Waals surface area contributed by atoms with E-state index < -0.39 is 0 Å². The van der Waals surface area contributed by atoms with E-state index in [4.69, 9.17) is 4.74 Å². The van der Waals surface area contributed by atoms with Gasteiger partial charge in [0.05, 0.1) is 11.7 Å². The number of amides is 1. The first-order valence-corrected chi connectivity index (χ1v) is 10.6. The molecular formula is C20H23NO2S2. The summed E-state index contributed by atoms with van der Waals surface area (Å²) in [5.41, 5.74) is 3.13. The predicted octanol–water partition coefficient (Wildman–Crippen LogP) is 4.54. The van der Waals surface area contributed by atoms with E-state index >= 15 is 0 Å². The van der Waals surface area contributed by atoms with Crippen molar-refractivity contribution in [2.75, 3.05) is 25.2 Å². The molecule has 2 aromatic carbocycles. The van der Waals surface area contributed by atoms with E-state index in [0.29, 0.717) is 11.1 Å². The van der Waals surface area contributed by atoms with E-state index in [-0.39, 0.29) is 5.91 Å². The number of nitrogens with one attached hydrogen (secondary N) is 1. The first-order chi connectivity index (χ1) is 12.3. The van der Waals surface area contributed by atoms with Crippen molar-refractivity contribution >= 4 is 29.4 Å². The molecular weight excluding hydrogens is 350 g/mol. The number of methoxy groups -OCH3 is 1. The first-order valence-electron chi connectivity index (χ1n) is 8.51. The Morgan fingerprint density at radius 1 is 1.12 bits per heavy atom. The van der Waals surface area contributed by atoms with Crippen molar-refractivity contribution in [1.29, 1.82) is 0 Å². The highest BCUT2D eigenvalue weighted by molar-refractivity contribution is 8.16. The number of ether oxygens (including phenoxy) is 1. The van der Waals surface area contributed by atoms with Gasteiger partial charge in [0.25, 0.3) is 5.91 Å². The number of rotatable bonds is 6. The van der Waals surface area contributed by atoms with Crippen LogP contribution in [-0.2, 0) is 6.42 Å². The molecule has 1 aliphatic heterocycles. The molecule has 0 aliphatic carbocycles. The molecule has 1 aliphatic rings. The van der Waals surface area contributed by atoms with Crippen LogP contribution in [0.15, 0.2) is 48.5 Å². The van der Waals surface area contributed by atoms with Crippen LogP contribution < -0.4 is 10.1 Å². The van der Waals surface area contributed by atoms with Gasteiger partial charge in [-0.15, -0.1) is 23.5 Å². The first kappa shape index (κ1) is 18.2. The Bertz CT molecular complexity index is 697. The van der Waals surface area contributed by atoms with Gasteiger partial charge in [0, 0.05) is 12.1 Å². The molecule has 1 N–H and O–H groups in total. The largest absolute Gasteiger partial charge is 0.496 e. The lowest BCUT2D eigenvalue weighted by atomic mass is 10.1. The van der Waals surface area contributed by atoms with Crippen molar-refractivity contribution in [2.45, 2.75) is 17.4 Å². The molecule has 2 aromatic rings. The summed E-state index contributed by atoms with van der Waals surface area (Å²) < 4.78 is 5.85. The van der Waals surface area contributed by atoms with E-state index in [0.717, 1.165) is 23.3 Å². The number of carbonyl (C=O) groups excluding carboxylic acids is 1. The van der Waals surface area contributed by atoms with Crippen LogP contribution in [0, 0.1) is 0 Å². The lowest BCUT2D eigenvalue weighted by Gasteiger charge is -2.21. The second kappa shape index (κ2) is 9.20. The number of thioether (sulfide) groups is 2. The van der Waals surface area contributed by atoms with Crippen molar-refractivity contribution in [3.63, 3.8) is 0 Å². The van der Waals surface area contributed by atoms with Crippen LogP contribution in [0.25, 0.3) is 0 Å². The number of hydrogen-bond acceptors (Lipinski definition) is 4. The molecule has 1 saturated heterocycles. The minimum absolute atomic E-state index is 0.0228. The Morgan fingerprint density at radius 3 is 2.56 bits per heavy atom. The molecule has 0 atom stereocenters. The molecule has 3 rings (SSSR count). The van der Waals surface area contributed by atoms with Gasteiger partial charge in [0.2, 0.25) is 0 Å². The molecule has 1 heterocycles. The highest BCUT2D eigenvalue weighted by atomic mass is 32.2. The van der Waals surface area contributed by atoms with E-state index in [9.17, 15) is 4.79 Å². The quantitative estimate of drug-likeness (QED) is 0.807. The molecule has 25 heavy (non-hydrogen) atoms. The Balaban J connectivity index is 1.52. The Labute approximate surface area is 157 Å². The summed E-state index contributed by atoms with van der Waals surface area (Å²) in [5, 5.41) is 2.99. The van der Waals surface area contributed by atoms with E-state index in [1.54, 1.807) is 7.11 Å². The second-order valence-corrected chi connectivity index (χ2v) is 8.59. The summed E-state index contributed by atoms with van der Waals surface area (Å²) in [4.78, 5) is 12.3. The van der Waals surface area contributed by atoms with Crippen molar-refractivity contribution in [3.8, 4) is 5.75 Å². The Kier molecular flexibility index (Phi) is 6.70. The summed E-state index contributed by atoms with van der Waals surface area (Å²) in [7, 11) is 1.67. The highest BCUT2D eigenvalue weighted by Gasteiger charge is 2.16. The molecule has 0 unspecified atom stereocenters. The third-order valence-corrected chi connectivity index (χ3v) is 7.16. The molecule has 0 saturated carbocycles. The van der Waals surface area contributed by atoms with E-state index in [1.807, 2.05) is 59.9 Å². The monoisotopic (exact) mass is 373 g/mol. The molecule has 132 valence electrons. The summed E-state index contributed by atoms with van der Waals surface area (Å²) in [6, 6.07) is 15.9. The normalized spacial score (nSPS) is 14.9. The van der Waals surface area contributed by atoms with Crippen LogP contribution in [0.1, 0.15) is 32.5 Å². The highest BCUT2D eigenvalue weighted by Crippen LogP contribution is 2.43. The number of para-hydroxylation sites is 1. The fourth-order valence-electron chi connectivity index (χ4n) is 2.79. The number of carbonyl (C=O) groups is 1. The molecule has 1 fully saturated rings. The molecule has 1 amide bonds.